The minimum atomic E-state index is 0.431. The molecule has 1 aliphatic carbocycles. The second kappa shape index (κ2) is 10.7. The summed E-state index contributed by atoms with van der Waals surface area (Å²) < 4.78 is 0. The fourth-order valence-corrected chi connectivity index (χ4v) is 6.38. The standard InChI is InChI=1S/C30H38N6/c1-34(29-12-4-7-23-9-6-14-32-30(23)29)21-26-19-27-24(20-33-26)8-5-11-28(27)36-17-15-35(16-18-36)22-25-10-2-3-13-31-25/h2-3,5-6,8-11,13-14,26,29,33H,4,7,12,15-22H2,1H3/t26-,29?/m1/s1. The second-order valence-electron chi connectivity index (χ2n) is 10.7. The lowest BCUT2D eigenvalue weighted by molar-refractivity contribution is 0.190. The van der Waals surface area contributed by atoms with E-state index >= 15 is 0 Å². The molecule has 0 spiro atoms. The maximum absolute atomic E-state index is 4.78. The fraction of sp³-hybridized carbons (Fsp3) is 0.467. The van der Waals surface area contributed by atoms with E-state index in [0.29, 0.717) is 12.1 Å². The van der Waals surface area contributed by atoms with Gasteiger partial charge in [-0.3, -0.25) is 19.8 Å². The molecule has 1 N–H and O–H groups in total. The summed E-state index contributed by atoms with van der Waals surface area (Å²) in [7, 11) is 2.29. The summed E-state index contributed by atoms with van der Waals surface area (Å²) in [6, 6.07) is 18.3. The molecule has 0 saturated carbocycles. The number of anilines is 1. The second-order valence-corrected chi connectivity index (χ2v) is 10.7. The molecule has 2 aromatic heterocycles. The molecule has 1 aromatic carbocycles. The maximum Gasteiger partial charge on any atom is 0.0607 e. The molecule has 188 valence electrons. The monoisotopic (exact) mass is 482 g/mol. The van der Waals surface area contributed by atoms with Crippen LogP contribution in [0.3, 0.4) is 0 Å². The van der Waals surface area contributed by atoms with E-state index in [2.05, 4.69) is 74.5 Å². The summed E-state index contributed by atoms with van der Waals surface area (Å²) in [4.78, 5) is 17.0. The van der Waals surface area contributed by atoms with Crippen molar-refractivity contribution in [2.75, 3.05) is 44.7 Å². The van der Waals surface area contributed by atoms with E-state index in [4.69, 9.17) is 4.98 Å². The third-order valence-electron chi connectivity index (χ3n) is 8.31. The number of rotatable bonds is 6. The molecule has 1 fully saturated rings. The number of nitrogens with one attached hydrogen (secondary N) is 1. The highest BCUT2D eigenvalue weighted by Crippen LogP contribution is 2.33. The van der Waals surface area contributed by atoms with Gasteiger partial charge in [0.25, 0.3) is 0 Å². The lowest BCUT2D eigenvalue weighted by Crippen LogP contribution is -2.48. The van der Waals surface area contributed by atoms with Gasteiger partial charge in [-0.05, 0) is 73.7 Å². The van der Waals surface area contributed by atoms with E-state index in [-0.39, 0.29) is 0 Å². The van der Waals surface area contributed by atoms with Crippen molar-refractivity contribution < 1.29 is 0 Å². The van der Waals surface area contributed by atoms with Gasteiger partial charge in [0.15, 0.2) is 0 Å². The first-order valence-electron chi connectivity index (χ1n) is 13.6. The van der Waals surface area contributed by atoms with Gasteiger partial charge < -0.3 is 10.2 Å². The molecule has 1 saturated heterocycles. The molecule has 6 nitrogen and oxygen atoms in total. The molecule has 4 heterocycles. The van der Waals surface area contributed by atoms with E-state index in [1.165, 1.54) is 41.8 Å². The minimum absolute atomic E-state index is 0.431. The molecule has 6 rings (SSSR count). The number of nitrogens with zero attached hydrogens (tertiary/aromatic N) is 5. The van der Waals surface area contributed by atoms with Crippen molar-refractivity contribution in [1.82, 2.24) is 25.1 Å². The first-order chi connectivity index (χ1) is 17.7. The Morgan fingerprint density at radius 3 is 2.67 bits per heavy atom. The van der Waals surface area contributed by atoms with Crippen LogP contribution in [0.15, 0.2) is 60.9 Å². The van der Waals surface area contributed by atoms with Crippen molar-refractivity contribution in [3.05, 3.63) is 89.0 Å². The molecule has 2 aliphatic heterocycles. The first-order valence-corrected chi connectivity index (χ1v) is 13.6. The van der Waals surface area contributed by atoms with Crippen molar-refractivity contribution in [3.63, 3.8) is 0 Å². The summed E-state index contributed by atoms with van der Waals surface area (Å²) in [5.74, 6) is 0. The Morgan fingerprint density at radius 1 is 0.944 bits per heavy atom. The number of aromatic nitrogens is 2. The Balaban J connectivity index is 1.11. The highest BCUT2D eigenvalue weighted by Gasteiger charge is 2.29. The lowest BCUT2D eigenvalue weighted by atomic mass is 9.89. The van der Waals surface area contributed by atoms with Crippen molar-refractivity contribution in [2.45, 2.75) is 50.9 Å². The first kappa shape index (κ1) is 23.6. The predicted molar refractivity (Wildman–Crippen MR) is 145 cm³/mol. The van der Waals surface area contributed by atoms with Gasteiger partial charge in [0.2, 0.25) is 0 Å². The highest BCUT2D eigenvalue weighted by atomic mass is 15.3. The van der Waals surface area contributed by atoms with Gasteiger partial charge in [-0.1, -0.05) is 24.3 Å². The van der Waals surface area contributed by atoms with Crippen LogP contribution >= 0.6 is 0 Å². The van der Waals surface area contributed by atoms with E-state index in [0.717, 1.165) is 57.9 Å². The maximum atomic E-state index is 4.78. The van der Waals surface area contributed by atoms with Crippen LogP contribution in [0.25, 0.3) is 0 Å². The zero-order valence-corrected chi connectivity index (χ0v) is 21.4. The van der Waals surface area contributed by atoms with Gasteiger partial charge >= 0.3 is 0 Å². The SMILES string of the molecule is CN(C[C@H]1Cc2c(cccc2N2CCN(Cc3ccccn3)CC2)CN1)C1CCCc2cccnc21. The largest absolute Gasteiger partial charge is 0.369 e. The van der Waals surface area contributed by atoms with Crippen LogP contribution in [0, 0.1) is 0 Å². The molecular formula is C30H38N6. The molecule has 0 radical (unpaired) electrons. The quantitative estimate of drug-likeness (QED) is 0.576. The zero-order valence-electron chi connectivity index (χ0n) is 21.4. The summed E-state index contributed by atoms with van der Waals surface area (Å²) in [6.07, 6.45) is 8.57. The van der Waals surface area contributed by atoms with Gasteiger partial charge in [0.1, 0.15) is 0 Å². The molecule has 36 heavy (non-hydrogen) atoms. The Hall–Kier alpha value is -2.80. The number of fused-ring (bicyclic) bond motifs is 2. The summed E-state index contributed by atoms with van der Waals surface area (Å²) in [6.45, 7) is 7.27. The fourth-order valence-electron chi connectivity index (χ4n) is 6.38. The van der Waals surface area contributed by atoms with Crippen LogP contribution in [0.1, 0.15) is 47.0 Å². The highest BCUT2D eigenvalue weighted by molar-refractivity contribution is 5.58. The van der Waals surface area contributed by atoms with Crippen molar-refractivity contribution >= 4 is 5.69 Å². The zero-order chi connectivity index (χ0) is 24.3. The number of hydrogen-bond acceptors (Lipinski definition) is 6. The van der Waals surface area contributed by atoms with Gasteiger partial charge in [0, 0.05) is 69.9 Å². The van der Waals surface area contributed by atoms with Crippen molar-refractivity contribution in [1.29, 1.82) is 0 Å². The number of aryl methyl sites for hydroxylation is 1. The molecule has 2 atom stereocenters. The number of piperazine rings is 1. The van der Waals surface area contributed by atoms with Gasteiger partial charge in [-0.2, -0.15) is 0 Å². The van der Waals surface area contributed by atoms with Crippen LogP contribution in [-0.2, 0) is 25.9 Å². The van der Waals surface area contributed by atoms with Crippen LogP contribution < -0.4 is 10.2 Å². The van der Waals surface area contributed by atoms with Crippen molar-refractivity contribution in [2.24, 2.45) is 0 Å². The van der Waals surface area contributed by atoms with E-state index in [1.807, 2.05) is 18.5 Å². The molecule has 0 bridgehead atoms. The molecule has 3 aromatic rings. The topological polar surface area (TPSA) is 47.5 Å². The smallest absolute Gasteiger partial charge is 0.0607 e. The van der Waals surface area contributed by atoms with Crippen LogP contribution in [-0.4, -0.2) is 65.6 Å². The number of benzene rings is 1. The van der Waals surface area contributed by atoms with Gasteiger partial charge in [-0.25, -0.2) is 0 Å². The Morgan fingerprint density at radius 2 is 1.81 bits per heavy atom. The average molecular weight is 483 g/mol. The minimum Gasteiger partial charge on any atom is -0.369 e. The van der Waals surface area contributed by atoms with Gasteiger partial charge in [0.05, 0.1) is 17.4 Å². The van der Waals surface area contributed by atoms with Crippen LogP contribution in [0.4, 0.5) is 5.69 Å². The van der Waals surface area contributed by atoms with Crippen molar-refractivity contribution in [3.8, 4) is 0 Å². The predicted octanol–water partition coefficient (Wildman–Crippen LogP) is 3.82. The summed E-state index contributed by atoms with van der Waals surface area (Å²) in [5, 5.41) is 3.84. The molecular weight excluding hydrogens is 444 g/mol. The van der Waals surface area contributed by atoms with E-state index in [1.54, 1.807) is 5.56 Å². The normalized spacial score (nSPS) is 22.3. The van der Waals surface area contributed by atoms with Crippen LogP contribution in [0.2, 0.25) is 0 Å². The van der Waals surface area contributed by atoms with E-state index in [9.17, 15) is 0 Å². The molecule has 6 heteroatoms. The molecule has 0 amide bonds. The number of likely N-dealkylation sites (N-methyl/N-ethyl adjacent to an activating group) is 1. The van der Waals surface area contributed by atoms with Gasteiger partial charge in [-0.15, -0.1) is 0 Å². The number of hydrogen-bond donors (Lipinski definition) is 1. The third-order valence-corrected chi connectivity index (χ3v) is 8.31. The summed E-state index contributed by atoms with van der Waals surface area (Å²) >= 11 is 0. The molecule has 1 unspecified atom stereocenters. The van der Waals surface area contributed by atoms with E-state index < -0.39 is 0 Å². The Kier molecular flexibility index (Phi) is 6.99. The lowest BCUT2D eigenvalue weighted by Gasteiger charge is -2.39. The van der Waals surface area contributed by atoms with Crippen LogP contribution in [0.5, 0.6) is 0 Å². The average Bonchev–Trinajstić information content (AvgIpc) is 2.93. The molecule has 3 aliphatic rings. The summed E-state index contributed by atoms with van der Waals surface area (Å²) in [5.41, 5.74) is 8.36. The third kappa shape index (κ3) is 5.03. The Labute approximate surface area is 215 Å². The number of pyridine rings is 2. The Bertz CT molecular complexity index is 1160.